The summed E-state index contributed by atoms with van der Waals surface area (Å²) < 4.78 is 5.25. The molecule has 1 aromatic rings. The zero-order valence-electron chi connectivity index (χ0n) is 6.01. The minimum Gasteiger partial charge on any atom is -0.376 e. The molecule has 58 valence electrons. The molecule has 1 aromatic heterocycles. The molecular formula is C8H8ClNO. The van der Waals surface area contributed by atoms with Crippen LogP contribution in [0.15, 0.2) is 12.3 Å². The highest BCUT2D eigenvalue weighted by Gasteiger charge is 2.12. The van der Waals surface area contributed by atoms with Gasteiger partial charge in [0.2, 0.25) is 0 Å². The molecule has 0 atom stereocenters. The summed E-state index contributed by atoms with van der Waals surface area (Å²) in [5.74, 6) is 0. The van der Waals surface area contributed by atoms with Crippen molar-refractivity contribution in [3.05, 3.63) is 28.5 Å². The van der Waals surface area contributed by atoms with E-state index < -0.39 is 0 Å². The van der Waals surface area contributed by atoms with Gasteiger partial charge in [-0.25, -0.2) is 4.98 Å². The predicted octanol–water partition coefficient (Wildman–Crippen LogP) is 1.81. The van der Waals surface area contributed by atoms with Gasteiger partial charge in [0, 0.05) is 11.8 Å². The summed E-state index contributed by atoms with van der Waals surface area (Å²) in [6.45, 7) is 1.41. The van der Waals surface area contributed by atoms with Gasteiger partial charge in [0.1, 0.15) is 5.15 Å². The van der Waals surface area contributed by atoms with Crippen molar-refractivity contribution >= 4 is 11.6 Å². The Balaban J connectivity index is 2.49. The second kappa shape index (κ2) is 2.80. The Bertz CT molecular complexity index is 275. The van der Waals surface area contributed by atoms with E-state index in [1.54, 1.807) is 6.20 Å². The molecule has 0 unspecified atom stereocenters. The average molecular weight is 170 g/mol. The summed E-state index contributed by atoms with van der Waals surface area (Å²) in [7, 11) is 0. The smallest absolute Gasteiger partial charge is 0.134 e. The van der Waals surface area contributed by atoms with Gasteiger partial charge in [-0.1, -0.05) is 11.6 Å². The van der Waals surface area contributed by atoms with E-state index in [4.69, 9.17) is 16.3 Å². The normalized spacial score (nSPS) is 16.1. The Kier molecular flexibility index (Phi) is 1.80. The molecule has 0 saturated carbocycles. The third-order valence-electron chi connectivity index (χ3n) is 1.86. The number of hydrogen-bond donors (Lipinski definition) is 0. The minimum absolute atomic E-state index is 0.585. The van der Waals surface area contributed by atoms with E-state index in [-0.39, 0.29) is 0 Å². The van der Waals surface area contributed by atoms with E-state index in [1.807, 2.05) is 6.07 Å². The zero-order chi connectivity index (χ0) is 7.68. The Hall–Kier alpha value is -0.600. The molecule has 0 fully saturated rings. The minimum atomic E-state index is 0.585. The molecule has 0 amide bonds. The number of halogens is 1. The van der Waals surface area contributed by atoms with Gasteiger partial charge in [0.15, 0.2) is 0 Å². The molecule has 3 heteroatoms. The van der Waals surface area contributed by atoms with E-state index in [0.717, 1.165) is 18.6 Å². The van der Waals surface area contributed by atoms with Crippen LogP contribution in [0, 0.1) is 0 Å². The van der Waals surface area contributed by atoms with Gasteiger partial charge in [-0.05, 0) is 18.1 Å². The first-order valence-electron chi connectivity index (χ1n) is 3.58. The maximum atomic E-state index is 5.85. The fourth-order valence-electron chi connectivity index (χ4n) is 1.25. The maximum Gasteiger partial charge on any atom is 0.134 e. The Morgan fingerprint density at radius 2 is 2.45 bits per heavy atom. The van der Waals surface area contributed by atoms with Crippen molar-refractivity contribution < 1.29 is 4.74 Å². The molecular weight excluding hydrogens is 162 g/mol. The Labute approximate surface area is 70.2 Å². The summed E-state index contributed by atoms with van der Waals surface area (Å²) >= 11 is 5.85. The van der Waals surface area contributed by atoms with Crippen molar-refractivity contribution in [1.29, 1.82) is 0 Å². The number of aromatic nitrogens is 1. The number of fused-ring (bicyclic) bond motifs is 1. The SMILES string of the molecule is Clc1nccc2c1COCC2. The fourth-order valence-corrected chi connectivity index (χ4v) is 1.48. The van der Waals surface area contributed by atoms with Gasteiger partial charge in [0.25, 0.3) is 0 Å². The monoisotopic (exact) mass is 169 g/mol. The highest BCUT2D eigenvalue weighted by atomic mass is 35.5. The lowest BCUT2D eigenvalue weighted by atomic mass is 10.1. The molecule has 1 aliphatic heterocycles. The van der Waals surface area contributed by atoms with Crippen LogP contribution in [-0.2, 0) is 17.8 Å². The van der Waals surface area contributed by atoms with Crippen LogP contribution in [0.3, 0.4) is 0 Å². The van der Waals surface area contributed by atoms with Crippen LogP contribution in [0.1, 0.15) is 11.1 Å². The highest BCUT2D eigenvalue weighted by molar-refractivity contribution is 6.30. The van der Waals surface area contributed by atoms with E-state index in [0.29, 0.717) is 11.8 Å². The first-order chi connectivity index (χ1) is 5.38. The predicted molar refractivity (Wildman–Crippen MR) is 42.6 cm³/mol. The van der Waals surface area contributed by atoms with Crippen LogP contribution in [0.25, 0.3) is 0 Å². The third-order valence-corrected chi connectivity index (χ3v) is 2.19. The van der Waals surface area contributed by atoms with Crippen molar-refractivity contribution in [1.82, 2.24) is 4.98 Å². The van der Waals surface area contributed by atoms with Crippen molar-refractivity contribution in [2.75, 3.05) is 6.61 Å². The van der Waals surface area contributed by atoms with Crippen molar-refractivity contribution in [3.63, 3.8) is 0 Å². The number of pyridine rings is 1. The van der Waals surface area contributed by atoms with Gasteiger partial charge < -0.3 is 4.74 Å². The number of nitrogens with zero attached hydrogens (tertiary/aromatic N) is 1. The van der Waals surface area contributed by atoms with Gasteiger partial charge in [-0.3, -0.25) is 0 Å². The molecule has 0 aliphatic carbocycles. The van der Waals surface area contributed by atoms with Crippen molar-refractivity contribution in [3.8, 4) is 0 Å². The second-order valence-electron chi connectivity index (χ2n) is 2.54. The lowest BCUT2D eigenvalue weighted by Crippen LogP contribution is -2.10. The Morgan fingerprint density at radius 3 is 3.27 bits per heavy atom. The van der Waals surface area contributed by atoms with E-state index in [9.17, 15) is 0 Å². The van der Waals surface area contributed by atoms with Gasteiger partial charge in [0.05, 0.1) is 13.2 Å². The first kappa shape index (κ1) is 7.07. The molecule has 1 aliphatic rings. The summed E-state index contributed by atoms with van der Waals surface area (Å²) in [6.07, 6.45) is 2.70. The molecule has 0 bridgehead atoms. The molecule has 0 saturated heterocycles. The lowest BCUT2D eigenvalue weighted by molar-refractivity contribution is 0.110. The van der Waals surface area contributed by atoms with Gasteiger partial charge in [-0.2, -0.15) is 0 Å². The quantitative estimate of drug-likeness (QED) is 0.553. The number of hydrogen-bond acceptors (Lipinski definition) is 2. The molecule has 2 rings (SSSR count). The maximum absolute atomic E-state index is 5.85. The molecule has 2 heterocycles. The average Bonchev–Trinajstić information content (AvgIpc) is 2.06. The Morgan fingerprint density at radius 1 is 1.55 bits per heavy atom. The molecule has 0 radical (unpaired) electrons. The van der Waals surface area contributed by atoms with Gasteiger partial charge in [-0.15, -0.1) is 0 Å². The highest BCUT2D eigenvalue weighted by Crippen LogP contribution is 2.21. The largest absolute Gasteiger partial charge is 0.376 e. The van der Waals surface area contributed by atoms with Crippen LogP contribution in [0.4, 0.5) is 0 Å². The van der Waals surface area contributed by atoms with Crippen LogP contribution in [0.5, 0.6) is 0 Å². The fraction of sp³-hybridized carbons (Fsp3) is 0.375. The molecule has 2 nitrogen and oxygen atoms in total. The van der Waals surface area contributed by atoms with Gasteiger partial charge >= 0.3 is 0 Å². The molecule has 0 aromatic carbocycles. The van der Waals surface area contributed by atoms with Crippen LogP contribution in [-0.4, -0.2) is 11.6 Å². The first-order valence-corrected chi connectivity index (χ1v) is 3.96. The molecule has 11 heavy (non-hydrogen) atoms. The molecule has 0 N–H and O–H groups in total. The van der Waals surface area contributed by atoms with Crippen LogP contribution < -0.4 is 0 Å². The van der Waals surface area contributed by atoms with Crippen LogP contribution in [0.2, 0.25) is 5.15 Å². The van der Waals surface area contributed by atoms with E-state index in [2.05, 4.69) is 4.98 Å². The summed E-state index contributed by atoms with van der Waals surface area (Å²) in [6, 6.07) is 2.00. The molecule has 0 spiro atoms. The zero-order valence-corrected chi connectivity index (χ0v) is 6.77. The third kappa shape index (κ3) is 1.24. The van der Waals surface area contributed by atoms with Crippen molar-refractivity contribution in [2.24, 2.45) is 0 Å². The summed E-state index contributed by atoms with van der Waals surface area (Å²) in [4.78, 5) is 3.98. The second-order valence-corrected chi connectivity index (χ2v) is 2.90. The number of rotatable bonds is 0. The summed E-state index contributed by atoms with van der Waals surface area (Å²) in [5.41, 5.74) is 2.33. The lowest BCUT2D eigenvalue weighted by Gasteiger charge is -2.16. The van der Waals surface area contributed by atoms with Crippen LogP contribution >= 0.6 is 11.6 Å². The standard InChI is InChI=1S/C8H8ClNO/c9-8-7-5-11-4-2-6(7)1-3-10-8/h1,3H,2,4-5H2. The number of ether oxygens (including phenoxy) is 1. The topological polar surface area (TPSA) is 22.1 Å². The van der Waals surface area contributed by atoms with E-state index >= 15 is 0 Å². The van der Waals surface area contributed by atoms with E-state index in [1.165, 1.54) is 5.56 Å². The summed E-state index contributed by atoms with van der Waals surface area (Å²) in [5, 5.41) is 0.585. The van der Waals surface area contributed by atoms with Crippen molar-refractivity contribution in [2.45, 2.75) is 13.0 Å².